The summed E-state index contributed by atoms with van der Waals surface area (Å²) >= 11 is 1.08. The van der Waals surface area contributed by atoms with Gasteiger partial charge < -0.3 is 10.4 Å². The number of rotatable bonds is 3. The second-order valence-electron chi connectivity index (χ2n) is 4.76. The summed E-state index contributed by atoms with van der Waals surface area (Å²) in [6, 6.07) is 16.6. The van der Waals surface area contributed by atoms with E-state index in [0.717, 1.165) is 17.3 Å². The monoisotopic (exact) mass is 322 g/mol. The second kappa shape index (κ2) is 6.98. The number of nitrogens with one attached hydrogen (secondary N) is 1. The topological polar surface area (TPSA) is 61.7 Å². The minimum absolute atomic E-state index is 0.0744. The molecular formula is C18H14N2O2S. The van der Waals surface area contributed by atoms with Crippen molar-refractivity contribution in [2.75, 3.05) is 0 Å². The molecule has 0 bridgehead atoms. The second-order valence-corrected chi connectivity index (χ2v) is 5.78. The molecule has 3 rings (SSSR count). The van der Waals surface area contributed by atoms with Crippen LogP contribution in [0.3, 0.4) is 0 Å². The van der Waals surface area contributed by atoms with Crippen molar-refractivity contribution < 1.29 is 9.90 Å². The van der Waals surface area contributed by atoms with Crippen LogP contribution in [-0.4, -0.2) is 16.2 Å². The van der Waals surface area contributed by atoms with Crippen molar-refractivity contribution in [2.45, 2.75) is 0 Å². The molecule has 1 saturated heterocycles. The van der Waals surface area contributed by atoms with Gasteiger partial charge in [-0.1, -0.05) is 54.6 Å². The molecule has 0 aliphatic carbocycles. The predicted octanol–water partition coefficient (Wildman–Crippen LogP) is 4.48. The number of nitrogens with zero attached hydrogens (tertiary/aromatic N) is 1. The van der Waals surface area contributed by atoms with Gasteiger partial charge in [0.05, 0.1) is 4.91 Å². The van der Waals surface area contributed by atoms with Crippen LogP contribution in [0.2, 0.25) is 0 Å². The van der Waals surface area contributed by atoms with Gasteiger partial charge >= 0.3 is 0 Å². The minimum atomic E-state index is -0.182. The lowest BCUT2D eigenvalue weighted by atomic mass is 10.2. The van der Waals surface area contributed by atoms with Gasteiger partial charge in [0, 0.05) is 0 Å². The lowest BCUT2D eigenvalue weighted by Crippen LogP contribution is -2.18. The average Bonchev–Trinajstić information content (AvgIpc) is 2.90. The number of phenols is 1. The Morgan fingerprint density at radius 2 is 1.78 bits per heavy atom. The molecule has 1 amide bonds. The number of para-hydroxylation sites is 2. The van der Waals surface area contributed by atoms with Crippen LogP contribution in [-0.2, 0) is 0 Å². The molecule has 0 aromatic heterocycles. The first-order chi connectivity index (χ1) is 11.2. The third-order valence-electron chi connectivity index (χ3n) is 3.11. The molecule has 0 saturated carbocycles. The standard InChI is InChI=1S/C18H14N2O2S/c21-15-11-5-4-10-14(15)19-17-16(23-18(22)20-17)12-6-9-13-7-2-1-3-8-13/h1-12,21H,(H,19,20,22)/b9-6+,16-12-. The number of thioether (sulfide) groups is 1. The van der Waals surface area contributed by atoms with Gasteiger partial charge in [0.25, 0.3) is 5.24 Å². The van der Waals surface area contributed by atoms with Crippen molar-refractivity contribution in [3.63, 3.8) is 0 Å². The van der Waals surface area contributed by atoms with Gasteiger partial charge in [-0.05, 0) is 35.5 Å². The minimum Gasteiger partial charge on any atom is -0.506 e. The molecule has 1 heterocycles. The van der Waals surface area contributed by atoms with Gasteiger partial charge in [-0.3, -0.25) is 4.79 Å². The highest BCUT2D eigenvalue weighted by Gasteiger charge is 2.23. The fourth-order valence-electron chi connectivity index (χ4n) is 2.02. The quantitative estimate of drug-likeness (QED) is 0.876. The van der Waals surface area contributed by atoms with E-state index in [2.05, 4.69) is 10.3 Å². The number of hydrogen-bond donors (Lipinski definition) is 2. The maximum atomic E-state index is 11.6. The van der Waals surface area contributed by atoms with Crippen molar-refractivity contribution in [2.24, 2.45) is 4.99 Å². The molecule has 2 N–H and O–H groups in total. The number of phenolic OH excluding ortho intramolecular Hbond substituents is 1. The third kappa shape index (κ3) is 3.90. The zero-order valence-electron chi connectivity index (χ0n) is 12.1. The molecule has 0 atom stereocenters. The van der Waals surface area contributed by atoms with Crippen LogP contribution < -0.4 is 5.32 Å². The first-order valence-corrected chi connectivity index (χ1v) is 7.83. The van der Waals surface area contributed by atoms with Crippen LogP contribution in [0, 0.1) is 0 Å². The van der Waals surface area contributed by atoms with Crippen molar-refractivity contribution in [1.29, 1.82) is 0 Å². The molecule has 5 heteroatoms. The zero-order valence-corrected chi connectivity index (χ0v) is 13.0. The smallest absolute Gasteiger partial charge is 0.289 e. The van der Waals surface area contributed by atoms with Crippen LogP contribution in [0.25, 0.3) is 6.08 Å². The van der Waals surface area contributed by atoms with Gasteiger partial charge in [0.1, 0.15) is 17.3 Å². The summed E-state index contributed by atoms with van der Waals surface area (Å²) in [5.74, 6) is 0.518. The van der Waals surface area contributed by atoms with Crippen molar-refractivity contribution in [3.05, 3.63) is 77.2 Å². The third-order valence-corrected chi connectivity index (χ3v) is 3.94. The molecule has 0 radical (unpaired) electrons. The number of allylic oxidation sites excluding steroid dienone is 2. The maximum absolute atomic E-state index is 11.6. The number of aliphatic imine (C=N–C) groups is 1. The fourth-order valence-corrected chi connectivity index (χ4v) is 2.71. The highest BCUT2D eigenvalue weighted by molar-refractivity contribution is 8.18. The fraction of sp³-hybridized carbons (Fsp3) is 0. The molecular weight excluding hydrogens is 308 g/mol. The molecule has 114 valence electrons. The van der Waals surface area contributed by atoms with E-state index in [1.807, 2.05) is 48.6 Å². The van der Waals surface area contributed by atoms with Crippen LogP contribution in [0.1, 0.15) is 5.56 Å². The van der Waals surface area contributed by atoms with E-state index in [1.165, 1.54) is 0 Å². The first-order valence-electron chi connectivity index (χ1n) is 7.02. The van der Waals surface area contributed by atoms with Gasteiger partial charge in [0.15, 0.2) is 0 Å². The zero-order chi connectivity index (χ0) is 16.1. The Kier molecular flexibility index (Phi) is 4.59. The van der Waals surface area contributed by atoms with Gasteiger partial charge in [-0.25, -0.2) is 4.99 Å². The molecule has 1 aliphatic heterocycles. The summed E-state index contributed by atoms with van der Waals surface area (Å²) in [6.45, 7) is 0. The summed E-state index contributed by atoms with van der Waals surface area (Å²) < 4.78 is 0. The van der Waals surface area contributed by atoms with E-state index < -0.39 is 0 Å². The molecule has 1 aliphatic rings. The molecule has 2 aromatic rings. The van der Waals surface area contributed by atoms with E-state index in [0.29, 0.717) is 16.4 Å². The van der Waals surface area contributed by atoms with Crippen LogP contribution in [0.15, 0.2) is 76.6 Å². The maximum Gasteiger partial charge on any atom is 0.289 e. The van der Waals surface area contributed by atoms with Gasteiger partial charge in [-0.15, -0.1) is 0 Å². The van der Waals surface area contributed by atoms with Crippen molar-refractivity contribution >= 4 is 34.6 Å². The van der Waals surface area contributed by atoms with Crippen LogP contribution in [0.5, 0.6) is 5.75 Å². The first kappa shape index (κ1) is 15.1. The Balaban J connectivity index is 1.85. The van der Waals surface area contributed by atoms with Gasteiger partial charge in [-0.2, -0.15) is 0 Å². The average molecular weight is 322 g/mol. The Morgan fingerprint density at radius 3 is 2.57 bits per heavy atom. The van der Waals surface area contributed by atoms with Gasteiger partial charge in [0.2, 0.25) is 0 Å². The number of amides is 1. The molecule has 0 unspecified atom stereocenters. The normalized spacial score (nSPS) is 18.0. The molecule has 0 spiro atoms. The number of benzene rings is 2. The molecule has 2 aromatic carbocycles. The molecule has 4 nitrogen and oxygen atoms in total. The van der Waals surface area contributed by atoms with E-state index in [1.54, 1.807) is 24.3 Å². The summed E-state index contributed by atoms with van der Waals surface area (Å²) in [5, 5.41) is 12.3. The lowest BCUT2D eigenvalue weighted by Gasteiger charge is -2.00. The summed E-state index contributed by atoms with van der Waals surface area (Å²) in [5.41, 5.74) is 1.49. The summed E-state index contributed by atoms with van der Waals surface area (Å²) in [7, 11) is 0. The van der Waals surface area contributed by atoms with Crippen LogP contribution >= 0.6 is 11.8 Å². The van der Waals surface area contributed by atoms with Crippen molar-refractivity contribution in [3.8, 4) is 5.75 Å². The highest BCUT2D eigenvalue weighted by atomic mass is 32.2. The number of amidine groups is 1. The van der Waals surface area contributed by atoms with Crippen LogP contribution in [0.4, 0.5) is 10.5 Å². The SMILES string of the molecule is O=C1NC(=Nc2ccccc2O)/C(=C/C=C/c2ccccc2)S1. The highest BCUT2D eigenvalue weighted by Crippen LogP contribution is 2.30. The van der Waals surface area contributed by atoms with E-state index >= 15 is 0 Å². The largest absolute Gasteiger partial charge is 0.506 e. The van der Waals surface area contributed by atoms with E-state index in [4.69, 9.17) is 0 Å². The summed E-state index contributed by atoms with van der Waals surface area (Å²) in [4.78, 5) is 16.7. The predicted molar refractivity (Wildman–Crippen MR) is 94.9 cm³/mol. The van der Waals surface area contributed by atoms with Crippen molar-refractivity contribution in [1.82, 2.24) is 5.32 Å². The summed E-state index contributed by atoms with van der Waals surface area (Å²) in [6.07, 6.45) is 5.65. The Bertz CT molecular complexity index is 811. The number of carbonyl (C=O) groups excluding carboxylic acids is 1. The molecule has 23 heavy (non-hydrogen) atoms. The Hall–Kier alpha value is -2.79. The van der Waals surface area contributed by atoms with E-state index in [9.17, 15) is 9.90 Å². The number of carbonyl (C=O) groups is 1. The Labute approximate surface area is 138 Å². The number of hydrogen-bond acceptors (Lipinski definition) is 4. The molecule has 1 fully saturated rings. The Morgan fingerprint density at radius 1 is 1.04 bits per heavy atom. The number of aromatic hydroxyl groups is 1. The van der Waals surface area contributed by atoms with E-state index in [-0.39, 0.29) is 11.0 Å². The lowest BCUT2D eigenvalue weighted by molar-refractivity contribution is 0.265.